The van der Waals surface area contributed by atoms with Gasteiger partial charge in [0.05, 0.1) is 5.56 Å². The molecule has 0 saturated heterocycles. The number of carbonyl (C=O) groups excluding carboxylic acids is 1. The fraction of sp³-hybridized carbons (Fsp3) is 0.333. The Labute approximate surface area is 114 Å². The molecule has 18 heavy (non-hydrogen) atoms. The van der Waals surface area contributed by atoms with Crippen LogP contribution in [0.3, 0.4) is 0 Å². The maximum atomic E-state index is 11.8. The maximum absolute atomic E-state index is 11.8. The van der Waals surface area contributed by atoms with Crippen LogP contribution >= 0.6 is 15.9 Å². The summed E-state index contributed by atoms with van der Waals surface area (Å²) >= 11 is 3.15. The second-order valence-electron chi connectivity index (χ2n) is 3.60. The van der Waals surface area contributed by atoms with Crippen molar-refractivity contribution in [2.45, 2.75) is 13.8 Å². The molecule has 6 heteroatoms. The van der Waals surface area contributed by atoms with Crippen molar-refractivity contribution in [3.05, 3.63) is 28.2 Å². The molecular weight excluding hydrogens is 300 g/mol. The highest BCUT2D eigenvalue weighted by atomic mass is 79.9. The minimum Gasteiger partial charge on any atom is -0.478 e. The van der Waals surface area contributed by atoms with Gasteiger partial charge in [0.15, 0.2) is 0 Å². The zero-order valence-corrected chi connectivity index (χ0v) is 11.8. The zero-order chi connectivity index (χ0) is 13.7. The van der Waals surface area contributed by atoms with E-state index in [-0.39, 0.29) is 11.6 Å². The first-order valence-electron chi connectivity index (χ1n) is 5.58. The Morgan fingerprint density at radius 3 is 2.44 bits per heavy atom. The van der Waals surface area contributed by atoms with Gasteiger partial charge in [-0.2, -0.15) is 0 Å². The Balaban J connectivity index is 2.89. The SMILES string of the molecule is CCN(CC)C(=O)Nc1ccc(Br)c(C(=O)O)c1. The quantitative estimate of drug-likeness (QED) is 0.897. The Morgan fingerprint density at radius 2 is 1.94 bits per heavy atom. The van der Waals surface area contributed by atoms with Gasteiger partial charge in [0, 0.05) is 23.2 Å². The number of halogens is 1. The number of anilines is 1. The van der Waals surface area contributed by atoms with Crippen molar-refractivity contribution < 1.29 is 14.7 Å². The standard InChI is InChI=1S/C12H15BrN2O3/c1-3-15(4-2)12(18)14-8-5-6-10(13)9(7-8)11(16)17/h5-7H,3-4H2,1-2H3,(H,14,18)(H,16,17). The number of carboxylic acid groups (broad SMARTS) is 1. The van der Waals surface area contributed by atoms with Gasteiger partial charge in [0.25, 0.3) is 0 Å². The summed E-state index contributed by atoms with van der Waals surface area (Å²) in [5, 5.41) is 11.6. The van der Waals surface area contributed by atoms with Crippen molar-refractivity contribution in [3.63, 3.8) is 0 Å². The van der Waals surface area contributed by atoms with Crippen LogP contribution in [0.1, 0.15) is 24.2 Å². The molecule has 0 aliphatic heterocycles. The molecule has 0 bridgehead atoms. The molecule has 0 aliphatic rings. The molecule has 98 valence electrons. The third-order valence-electron chi connectivity index (χ3n) is 2.50. The normalized spacial score (nSPS) is 9.94. The first-order chi connectivity index (χ1) is 8.49. The number of rotatable bonds is 4. The predicted molar refractivity (Wildman–Crippen MR) is 73.0 cm³/mol. The summed E-state index contributed by atoms with van der Waals surface area (Å²) in [5.41, 5.74) is 0.583. The molecule has 0 radical (unpaired) electrons. The van der Waals surface area contributed by atoms with Crippen LogP contribution < -0.4 is 5.32 Å². The Morgan fingerprint density at radius 1 is 1.33 bits per heavy atom. The summed E-state index contributed by atoms with van der Waals surface area (Å²) in [4.78, 5) is 24.4. The minimum atomic E-state index is -1.04. The van der Waals surface area contributed by atoms with Gasteiger partial charge >= 0.3 is 12.0 Å². The summed E-state index contributed by atoms with van der Waals surface area (Å²) in [5.74, 6) is -1.04. The van der Waals surface area contributed by atoms with Crippen LogP contribution in [0.4, 0.5) is 10.5 Å². The molecule has 0 aromatic heterocycles. The number of urea groups is 1. The molecule has 0 atom stereocenters. The molecule has 5 nitrogen and oxygen atoms in total. The predicted octanol–water partition coefficient (Wildman–Crippen LogP) is 3.02. The first-order valence-corrected chi connectivity index (χ1v) is 6.37. The lowest BCUT2D eigenvalue weighted by molar-refractivity contribution is 0.0696. The maximum Gasteiger partial charge on any atom is 0.336 e. The van der Waals surface area contributed by atoms with Gasteiger partial charge in [-0.25, -0.2) is 9.59 Å². The number of amides is 2. The molecule has 2 N–H and O–H groups in total. The molecule has 1 rings (SSSR count). The zero-order valence-electron chi connectivity index (χ0n) is 10.2. The topological polar surface area (TPSA) is 69.6 Å². The summed E-state index contributed by atoms with van der Waals surface area (Å²) in [7, 11) is 0. The second kappa shape index (κ2) is 6.39. The molecule has 0 fully saturated rings. The summed E-state index contributed by atoms with van der Waals surface area (Å²) in [6.07, 6.45) is 0. The van der Waals surface area contributed by atoms with E-state index in [4.69, 9.17) is 5.11 Å². The summed E-state index contributed by atoms with van der Waals surface area (Å²) in [6, 6.07) is 4.44. The van der Waals surface area contributed by atoms with E-state index < -0.39 is 5.97 Å². The van der Waals surface area contributed by atoms with E-state index in [1.807, 2.05) is 13.8 Å². The molecule has 0 aliphatic carbocycles. The number of benzene rings is 1. The van der Waals surface area contributed by atoms with Gasteiger partial charge < -0.3 is 15.3 Å². The lowest BCUT2D eigenvalue weighted by atomic mass is 10.2. The van der Waals surface area contributed by atoms with Crippen LogP contribution in [0.2, 0.25) is 0 Å². The second-order valence-corrected chi connectivity index (χ2v) is 4.46. The van der Waals surface area contributed by atoms with Gasteiger partial charge in [0.1, 0.15) is 0 Å². The molecule has 2 amide bonds. The average molecular weight is 315 g/mol. The fourth-order valence-corrected chi connectivity index (χ4v) is 1.90. The molecule has 0 saturated carbocycles. The van der Waals surface area contributed by atoms with Crippen molar-refractivity contribution in [2.75, 3.05) is 18.4 Å². The minimum absolute atomic E-state index is 0.118. The smallest absolute Gasteiger partial charge is 0.336 e. The van der Waals surface area contributed by atoms with E-state index in [9.17, 15) is 9.59 Å². The number of nitrogens with zero attached hydrogens (tertiary/aromatic N) is 1. The molecule has 0 unspecified atom stereocenters. The van der Waals surface area contributed by atoms with E-state index >= 15 is 0 Å². The van der Waals surface area contributed by atoms with Crippen LogP contribution in [-0.2, 0) is 0 Å². The van der Waals surface area contributed by atoms with E-state index in [0.29, 0.717) is 23.2 Å². The van der Waals surface area contributed by atoms with Crippen LogP contribution in [-0.4, -0.2) is 35.1 Å². The van der Waals surface area contributed by atoms with Crippen molar-refractivity contribution in [3.8, 4) is 0 Å². The molecule has 0 heterocycles. The van der Waals surface area contributed by atoms with Crippen molar-refractivity contribution in [2.24, 2.45) is 0 Å². The average Bonchev–Trinajstić information content (AvgIpc) is 2.32. The van der Waals surface area contributed by atoms with Gasteiger partial charge in [-0.3, -0.25) is 0 Å². The highest BCUT2D eigenvalue weighted by molar-refractivity contribution is 9.10. The number of carboxylic acids is 1. The number of aromatic carboxylic acids is 1. The molecular formula is C12H15BrN2O3. The summed E-state index contributed by atoms with van der Waals surface area (Å²) < 4.78 is 0.482. The molecule has 0 spiro atoms. The van der Waals surface area contributed by atoms with Crippen LogP contribution in [0.5, 0.6) is 0 Å². The Bertz CT molecular complexity index is 459. The van der Waals surface area contributed by atoms with Crippen molar-refractivity contribution in [1.29, 1.82) is 0 Å². The van der Waals surface area contributed by atoms with Crippen molar-refractivity contribution >= 4 is 33.6 Å². The van der Waals surface area contributed by atoms with Gasteiger partial charge in [-0.05, 0) is 48.0 Å². The third-order valence-corrected chi connectivity index (χ3v) is 3.19. The van der Waals surface area contributed by atoms with Crippen LogP contribution in [0.25, 0.3) is 0 Å². The fourth-order valence-electron chi connectivity index (χ4n) is 1.48. The summed E-state index contributed by atoms with van der Waals surface area (Å²) in [6.45, 7) is 4.97. The van der Waals surface area contributed by atoms with E-state index in [1.54, 1.807) is 17.0 Å². The first kappa shape index (κ1) is 14.5. The number of carbonyl (C=O) groups is 2. The lowest BCUT2D eigenvalue weighted by Crippen LogP contribution is -2.34. The van der Waals surface area contributed by atoms with E-state index in [1.165, 1.54) is 6.07 Å². The van der Waals surface area contributed by atoms with Gasteiger partial charge in [-0.15, -0.1) is 0 Å². The Hall–Kier alpha value is -1.56. The molecule has 1 aromatic carbocycles. The monoisotopic (exact) mass is 314 g/mol. The van der Waals surface area contributed by atoms with Gasteiger partial charge in [-0.1, -0.05) is 0 Å². The highest BCUT2D eigenvalue weighted by Gasteiger charge is 2.12. The largest absolute Gasteiger partial charge is 0.478 e. The van der Waals surface area contributed by atoms with E-state index in [0.717, 1.165) is 0 Å². The van der Waals surface area contributed by atoms with Gasteiger partial charge in [0.2, 0.25) is 0 Å². The highest BCUT2D eigenvalue weighted by Crippen LogP contribution is 2.21. The van der Waals surface area contributed by atoms with E-state index in [2.05, 4.69) is 21.2 Å². The number of nitrogens with one attached hydrogen (secondary N) is 1. The number of hydrogen-bond acceptors (Lipinski definition) is 2. The molecule has 1 aromatic rings. The Kier molecular flexibility index (Phi) is 5.15. The van der Waals surface area contributed by atoms with Crippen LogP contribution in [0.15, 0.2) is 22.7 Å². The van der Waals surface area contributed by atoms with Crippen molar-refractivity contribution in [1.82, 2.24) is 4.90 Å². The number of hydrogen-bond donors (Lipinski definition) is 2. The lowest BCUT2D eigenvalue weighted by Gasteiger charge is -2.19. The third kappa shape index (κ3) is 3.46. The van der Waals surface area contributed by atoms with Crippen LogP contribution in [0, 0.1) is 0 Å².